The van der Waals surface area contributed by atoms with Gasteiger partial charge >= 0.3 is 0 Å². The molecule has 0 radical (unpaired) electrons. The highest BCUT2D eigenvalue weighted by atomic mass is 35.5. The minimum Gasteiger partial charge on any atom is -0.312 e. The van der Waals surface area contributed by atoms with Crippen LogP contribution in [0.25, 0.3) is 11.1 Å². The molecule has 0 aromatic heterocycles. The lowest BCUT2D eigenvalue weighted by Gasteiger charge is -2.30. The van der Waals surface area contributed by atoms with E-state index in [1.807, 2.05) is 25.1 Å². The van der Waals surface area contributed by atoms with E-state index >= 15 is 0 Å². The van der Waals surface area contributed by atoms with Crippen LogP contribution in [-0.2, 0) is 6.54 Å². The van der Waals surface area contributed by atoms with Gasteiger partial charge in [0.1, 0.15) is 0 Å². The molecule has 0 saturated carbocycles. The zero-order valence-corrected chi connectivity index (χ0v) is 15.2. The van der Waals surface area contributed by atoms with Gasteiger partial charge in [-0.15, -0.1) is 11.6 Å². The smallest absolute Gasteiger partial charge is 0.0689 e. The average Bonchev–Trinajstić information content (AvgIpc) is 2.58. The summed E-state index contributed by atoms with van der Waals surface area (Å²) in [5, 5.41) is 4.20. The van der Waals surface area contributed by atoms with E-state index < -0.39 is 4.87 Å². The number of alkyl halides is 1. The second-order valence-electron chi connectivity index (χ2n) is 6.34. The van der Waals surface area contributed by atoms with Crippen LogP contribution in [-0.4, -0.2) is 11.4 Å². The Kier molecular flexibility index (Phi) is 5.45. The van der Waals surface area contributed by atoms with Crippen LogP contribution in [0.5, 0.6) is 0 Å². The summed E-state index contributed by atoms with van der Waals surface area (Å²) in [6, 6.07) is 19.1. The fourth-order valence-corrected chi connectivity index (χ4v) is 3.53. The molecular weight excluding hydrogens is 337 g/mol. The third-order valence-electron chi connectivity index (χ3n) is 4.39. The van der Waals surface area contributed by atoms with Gasteiger partial charge in [0.15, 0.2) is 0 Å². The first-order valence-electron chi connectivity index (χ1n) is 8.15. The van der Waals surface area contributed by atoms with Crippen molar-refractivity contribution in [3.05, 3.63) is 83.4 Å². The fraction of sp³-hybridized carbons (Fsp3) is 0.238. The summed E-state index contributed by atoms with van der Waals surface area (Å²) in [5.74, 6) is 0.227. The van der Waals surface area contributed by atoms with Gasteiger partial charge in [0.2, 0.25) is 0 Å². The zero-order valence-electron chi connectivity index (χ0n) is 13.7. The van der Waals surface area contributed by atoms with Crippen molar-refractivity contribution in [3.8, 4) is 11.1 Å². The van der Waals surface area contributed by atoms with E-state index in [9.17, 15) is 0 Å². The van der Waals surface area contributed by atoms with Crippen LogP contribution in [0.15, 0.2) is 77.9 Å². The highest BCUT2D eigenvalue weighted by molar-refractivity contribution is 6.33. The summed E-state index contributed by atoms with van der Waals surface area (Å²) in [4.78, 5) is -0.435. The molecule has 2 aromatic rings. The van der Waals surface area contributed by atoms with Crippen molar-refractivity contribution in [2.24, 2.45) is 5.92 Å². The Morgan fingerprint density at radius 3 is 2.33 bits per heavy atom. The largest absolute Gasteiger partial charge is 0.312 e. The number of hydrogen-bond acceptors (Lipinski definition) is 1. The minimum absolute atomic E-state index is 0.227. The number of nitrogens with one attached hydrogen (secondary N) is 1. The van der Waals surface area contributed by atoms with E-state index in [4.69, 9.17) is 23.2 Å². The maximum absolute atomic E-state index is 6.55. The van der Waals surface area contributed by atoms with Crippen molar-refractivity contribution in [1.29, 1.82) is 0 Å². The van der Waals surface area contributed by atoms with Crippen molar-refractivity contribution >= 4 is 23.2 Å². The molecule has 1 unspecified atom stereocenters. The molecule has 1 nitrogen and oxygen atoms in total. The quantitative estimate of drug-likeness (QED) is 0.671. The van der Waals surface area contributed by atoms with Crippen molar-refractivity contribution in [3.63, 3.8) is 0 Å². The van der Waals surface area contributed by atoms with Crippen LogP contribution in [0.2, 0.25) is 0 Å². The second-order valence-corrected chi connectivity index (χ2v) is 7.59. The molecule has 0 amide bonds. The first-order chi connectivity index (χ1) is 11.5. The summed E-state index contributed by atoms with van der Waals surface area (Å²) in [6.07, 6.45) is 5.92. The van der Waals surface area contributed by atoms with Crippen molar-refractivity contribution in [2.75, 3.05) is 6.54 Å². The predicted octanol–water partition coefficient (Wildman–Crippen LogP) is 5.75. The fourth-order valence-electron chi connectivity index (χ4n) is 2.91. The summed E-state index contributed by atoms with van der Waals surface area (Å²) in [6.45, 7) is 3.64. The van der Waals surface area contributed by atoms with Crippen LogP contribution in [0, 0.1) is 5.92 Å². The Labute approximate surface area is 154 Å². The number of halogens is 2. The molecule has 1 N–H and O–H groups in total. The highest BCUT2D eigenvalue weighted by Gasteiger charge is 2.30. The molecule has 24 heavy (non-hydrogen) atoms. The average molecular weight is 358 g/mol. The summed E-state index contributed by atoms with van der Waals surface area (Å²) >= 11 is 12.6. The molecule has 0 bridgehead atoms. The molecule has 0 heterocycles. The number of allylic oxidation sites excluding steroid dienone is 3. The standard InChI is InChI=1S/C21H21Cl2N/c1-21(23)13-20(22)12-11-19(21)15-24-14-16-7-9-18(10-8-16)17-5-3-2-4-6-17/h2-13,19,24H,14-15H2,1H3/t19-,21?/m1/s1. The summed E-state index contributed by atoms with van der Waals surface area (Å²) < 4.78 is 0. The maximum Gasteiger partial charge on any atom is 0.0689 e. The van der Waals surface area contributed by atoms with Crippen LogP contribution in [0.1, 0.15) is 12.5 Å². The molecule has 0 aliphatic heterocycles. The van der Waals surface area contributed by atoms with Crippen molar-refractivity contribution < 1.29 is 0 Å². The molecule has 0 spiro atoms. The Morgan fingerprint density at radius 2 is 1.67 bits per heavy atom. The van der Waals surface area contributed by atoms with E-state index in [-0.39, 0.29) is 5.92 Å². The maximum atomic E-state index is 6.55. The SMILES string of the molecule is CC1(Cl)C=C(Cl)C=C[C@@H]1CNCc1ccc(-c2ccccc2)cc1. The third-order valence-corrected chi connectivity index (χ3v) is 5.01. The molecule has 2 atom stereocenters. The monoisotopic (exact) mass is 357 g/mol. The van der Waals surface area contributed by atoms with E-state index in [1.165, 1.54) is 16.7 Å². The molecule has 2 aromatic carbocycles. The van der Waals surface area contributed by atoms with E-state index in [0.29, 0.717) is 5.03 Å². The van der Waals surface area contributed by atoms with E-state index in [2.05, 4.69) is 59.9 Å². The summed E-state index contributed by atoms with van der Waals surface area (Å²) in [5.41, 5.74) is 3.74. The van der Waals surface area contributed by atoms with Gasteiger partial charge < -0.3 is 5.32 Å². The van der Waals surface area contributed by atoms with E-state index in [1.54, 1.807) is 0 Å². The van der Waals surface area contributed by atoms with Crippen LogP contribution in [0.4, 0.5) is 0 Å². The zero-order chi connectivity index (χ0) is 17.0. The molecule has 0 saturated heterocycles. The normalized spacial score (nSPS) is 23.1. The molecule has 0 fully saturated rings. The highest BCUT2D eigenvalue weighted by Crippen LogP contribution is 2.33. The lowest BCUT2D eigenvalue weighted by atomic mass is 9.89. The minimum atomic E-state index is -0.435. The van der Waals surface area contributed by atoms with Crippen LogP contribution >= 0.6 is 23.2 Å². The molecule has 3 rings (SSSR count). The number of rotatable bonds is 5. The predicted molar refractivity (Wildman–Crippen MR) is 104 cm³/mol. The molecule has 1 aliphatic carbocycles. The Bertz CT molecular complexity index is 730. The molecule has 3 heteroatoms. The molecule has 1 aliphatic rings. The molecular formula is C21H21Cl2N. The van der Waals surface area contributed by atoms with Gasteiger partial charge in [-0.2, -0.15) is 0 Å². The Morgan fingerprint density at radius 1 is 1.00 bits per heavy atom. The van der Waals surface area contributed by atoms with Crippen LogP contribution in [0.3, 0.4) is 0 Å². The van der Waals surface area contributed by atoms with Gasteiger partial charge in [0, 0.05) is 24.0 Å². The number of hydrogen-bond donors (Lipinski definition) is 1. The van der Waals surface area contributed by atoms with Gasteiger partial charge in [0.25, 0.3) is 0 Å². The van der Waals surface area contributed by atoms with Gasteiger partial charge in [-0.1, -0.05) is 72.3 Å². The topological polar surface area (TPSA) is 12.0 Å². The summed E-state index contributed by atoms with van der Waals surface area (Å²) in [7, 11) is 0. The van der Waals surface area contributed by atoms with E-state index in [0.717, 1.165) is 13.1 Å². The Hall–Kier alpha value is -1.54. The van der Waals surface area contributed by atoms with Gasteiger partial charge in [-0.05, 0) is 35.8 Å². The Balaban J connectivity index is 1.55. The number of benzene rings is 2. The third kappa shape index (κ3) is 4.30. The first-order valence-corrected chi connectivity index (χ1v) is 8.91. The van der Waals surface area contributed by atoms with Gasteiger partial charge in [-0.25, -0.2) is 0 Å². The van der Waals surface area contributed by atoms with Crippen molar-refractivity contribution in [2.45, 2.75) is 18.3 Å². The van der Waals surface area contributed by atoms with Crippen molar-refractivity contribution in [1.82, 2.24) is 5.32 Å². The van der Waals surface area contributed by atoms with Gasteiger partial charge in [0.05, 0.1) is 4.87 Å². The first kappa shape index (κ1) is 17.3. The van der Waals surface area contributed by atoms with Gasteiger partial charge in [-0.3, -0.25) is 0 Å². The molecule has 124 valence electrons. The van der Waals surface area contributed by atoms with Crippen LogP contribution < -0.4 is 5.32 Å². The lowest BCUT2D eigenvalue weighted by molar-refractivity contribution is 0.487. The lowest BCUT2D eigenvalue weighted by Crippen LogP contribution is -2.35. The second kappa shape index (κ2) is 7.57.